The molecule has 0 atom stereocenters. The van der Waals surface area contributed by atoms with Crippen LogP contribution in [-0.4, -0.2) is 4.98 Å². The van der Waals surface area contributed by atoms with E-state index in [1.807, 2.05) is 44.3 Å². The lowest BCUT2D eigenvalue weighted by atomic mass is 10.1. The third-order valence-electron chi connectivity index (χ3n) is 2.15. The molecule has 0 aliphatic heterocycles. The zero-order valence-electron chi connectivity index (χ0n) is 9.87. The molecular formula is C14H16BrN. The highest BCUT2D eigenvalue weighted by Crippen LogP contribution is 2.21. The van der Waals surface area contributed by atoms with Crippen LogP contribution < -0.4 is 0 Å². The van der Waals surface area contributed by atoms with Crippen molar-refractivity contribution in [2.24, 2.45) is 0 Å². The summed E-state index contributed by atoms with van der Waals surface area (Å²) in [5, 5.41) is 0. The zero-order chi connectivity index (χ0) is 12.0. The maximum Gasteiger partial charge on any atom is 0.0705 e. The van der Waals surface area contributed by atoms with Gasteiger partial charge in [-0.25, -0.2) is 0 Å². The Labute approximate surface area is 106 Å². The molecule has 1 aromatic heterocycles. The molecule has 1 nitrogen and oxygen atoms in total. The summed E-state index contributed by atoms with van der Waals surface area (Å²) in [7, 11) is 0. The summed E-state index contributed by atoms with van der Waals surface area (Å²) in [6.45, 7) is 6.10. The Bertz CT molecular complexity index is 435. The van der Waals surface area contributed by atoms with Gasteiger partial charge in [-0.3, -0.25) is 4.98 Å². The van der Waals surface area contributed by atoms with Crippen LogP contribution in [0.5, 0.6) is 0 Å². The van der Waals surface area contributed by atoms with E-state index in [-0.39, 0.29) is 0 Å². The average Bonchev–Trinajstić information content (AvgIpc) is 2.34. The minimum atomic E-state index is 1.01. The van der Waals surface area contributed by atoms with Gasteiger partial charge in [0.05, 0.1) is 5.69 Å². The molecule has 0 saturated heterocycles. The van der Waals surface area contributed by atoms with Crippen molar-refractivity contribution in [2.75, 3.05) is 0 Å². The SMILES string of the molecule is CC.Cc1ccccc1-c1ccc(Br)cn1. The molecular weight excluding hydrogens is 262 g/mol. The van der Waals surface area contributed by atoms with Crippen molar-refractivity contribution in [1.82, 2.24) is 4.98 Å². The number of benzene rings is 1. The van der Waals surface area contributed by atoms with Crippen molar-refractivity contribution in [2.45, 2.75) is 20.8 Å². The van der Waals surface area contributed by atoms with E-state index in [9.17, 15) is 0 Å². The molecule has 0 bridgehead atoms. The molecule has 0 fully saturated rings. The van der Waals surface area contributed by atoms with Crippen LogP contribution in [0.3, 0.4) is 0 Å². The number of halogens is 1. The normalized spacial score (nSPS) is 9.25. The quantitative estimate of drug-likeness (QED) is 0.727. The molecule has 0 saturated carbocycles. The van der Waals surface area contributed by atoms with E-state index in [1.165, 1.54) is 11.1 Å². The van der Waals surface area contributed by atoms with Crippen LogP contribution in [0.15, 0.2) is 47.1 Å². The number of pyridine rings is 1. The molecule has 0 spiro atoms. The number of aryl methyl sites for hydroxylation is 1. The highest BCUT2D eigenvalue weighted by Gasteiger charge is 2.00. The van der Waals surface area contributed by atoms with Gasteiger partial charge in [0, 0.05) is 16.2 Å². The lowest BCUT2D eigenvalue weighted by molar-refractivity contribution is 1.29. The summed E-state index contributed by atoms with van der Waals surface area (Å²) in [6, 6.07) is 12.3. The number of hydrogen-bond donors (Lipinski definition) is 0. The lowest BCUT2D eigenvalue weighted by Gasteiger charge is -2.03. The molecule has 1 aromatic carbocycles. The minimum Gasteiger partial charge on any atom is -0.255 e. The van der Waals surface area contributed by atoms with Crippen LogP contribution in [0.2, 0.25) is 0 Å². The Morgan fingerprint density at radius 2 is 1.69 bits per heavy atom. The van der Waals surface area contributed by atoms with Gasteiger partial charge < -0.3 is 0 Å². The molecule has 2 rings (SSSR count). The first-order chi connectivity index (χ1) is 7.77. The predicted molar refractivity (Wildman–Crippen MR) is 73.5 cm³/mol. The second-order valence-electron chi connectivity index (χ2n) is 3.18. The van der Waals surface area contributed by atoms with Crippen molar-refractivity contribution in [1.29, 1.82) is 0 Å². The highest BCUT2D eigenvalue weighted by atomic mass is 79.9. The lowest BCUT2D eigenvalue weighted by Crippen LogP contribution is -1.85. The number of rotatable bonds is 1. The van der Waals surface area contributed by atoms with E-state index < -0.39 is 0 Å². The Morgan fingerprint density at radius 1 is 1.00 bits per heavy atom. The van der Waals surface area contributed by atoms with Gasteiger partial charge in [-0.15, -0.1) is 0 Å². The number of hydrogen-bond acceptors (Lipinski definition) is 1. The van der Waals surface area contributed by atoms with Crippen LogP contribution in [-0.2, 0) is 0 Å². The third-order valence-corrected chi connectivity index (χ3v) is 2.62. The Morgan fingerprint density at radius 3 is 2.25 bits per heavy atom. The van der Waals surface area contributed by atoms with Crippen LogP contribution in [0.25, 0.3) is 11.3 Å². The zero-order valence-corrected chi connectivity index (χ0v) is 11.5. The van der Waals surface area contributed by atoms with Crippen molar-refractivity contribution in [3.05, 3.63) is 52.6 Å². The Hall–Kier alpha value is -1.15. The van der Waals surface area contributed by atoms with Gasteiger partial charge in [-0.2, -0.15) is 0 Å². The average molecular weight is 278 g/mol. The fourth-order valence-corrected chi connectivity index (χ4v) is 1.63. The van der Waals surface area contributed by atoms with Gasteiger partial charge in [0.2, 0.25) is 0 Å². The van der Waals surface area contributed by atoms with E-state index in [1.54, 1.807) is 0 Å². The molecule has 0 radical (unpaired) electrons. The molecule has 0 aliphatic rings. The molecule has 84 valence electrons. The van der Waals surface area contributed by atoms with Crippen LogP contribution in [0.1, 0.15) is 19.4 Å². The maximum atomic E-state index is 4.36. The van der Waals surface area contributed by atoms with Crippen LogP contribution >= 0.6 is 15.9 Å². The maximum absolute atomic E-state index is 4.36. The standard InChI is InChI=1S/C12H10BrN.C2H6/c1-9-4-2-3-5-11(9)12-7-6-10(13)8-14-12;1-2/h2-8H,1H3;1-2H3. The molecule has 2 heteroatoms. The van der Waals surface area contributed by atoms with Crippen molar-refractivity contribution in [3.8, 4) is 11.3 Å². The summed E-state index contributed by atoms with van der Waals surface area (Å²) in [5.41, 5.74) is 3.47. The largest absolute Gasteiger partial charge is 0.255 e. The first kappa shape index (κ1) is 12.9. The van der Waals surface area contributed by atoms with E-state index in [0.29, 0.717) is 0 Å². The van der Waals surface area contributed by atoms with Crippen LogP contribution in [0, 0.1) is 6.92 Å². The van der Waals surface area contributed by atoms with Gasteiger partial charge in [-0.05, 0) is 40.5 Å². The van der Waals surface area contributed by atoms with Gasteiger partial charge >= 0.3 is 0 Å². The van der Waals surface area contributed by atoms with E-state index in [4.69, 9.17) is 0 Å². The fraction of sp³-hybridized carbons (Fsp3) is 0.214. The summed E-state index contributed by atoms with van der Waals surface area (Å²) >= 11 is 3.37. The van der Waals surface area contributed by atoms with E-state index >= 15 is 0 Å². The van der Waals surface area contributed by atoms with E-state index in [0.717, 1.165) is 10.2 Å². The summed E-state index contributed by atoms with van der Waals surface area (Å²) < 4.78 is 1.01. The smallest absolute Gasteiger partial charge is 0.0705 e. The fourth-order valence-electron chi connectivity index (χ4n) is 1.40. The first-order valence-electron chi connectivity index (χ1n) is 5.45. The molecule has 0 aliphatic carbocycles. The highest BCUT2D eigenvalue weighted by molar-refractivity contribution is 9.10. The second kappa shape index (κ2) is 6.44. The van der Waals surface area contributed by atoms with Crippen LogP contribution in [0.4, 0.5) is 0 Å². The topological polar surface area (TPSA) is 12.9 Å². The minimum absolute atomic E-state index is 1.01. The van der Waals surface area contributed by atoms with Gasteiger partial charge in [0.15, 0.2) is 0 Å². The molecule has 16 heavy (non-hydrogen) atoms. The van der Waals surface area contributed by atoms with Crippen molar-refractivity contribution in [3.63, 3.8) is 0 Å². The summed E-state index contributed by atoms with van der Waals surface area (Å²) in [6.07, 6.45) is 1.82. The Kier molecular flexibility index (Phi) is 5.20. The molecule has 2 aromatic rings. The summed E-state index contributed by atoms with van der Waals surface area (Å²) in [5.74, 6) is 0. The molecule has 0 amide bonds. The monoisotopic (exact) mass is 277 g/mol. The predicted octanol–water partition coefficient (Wildman–Crippen LogP) is 4.85. The number of nitrogens with zero attached hydrogens (tertiary/aromatic N) is 1. The second-order valence-corrected chi connectivity index (χ2v) is 4.09. The van der Waals surface area contributed by atoms with Gasteiger partial charge in [0.25, 0.3) is 0 Å². The number of aromatic nitrogens is 1. The molecule has 1 heterocycles. The van der Waals surface area contributed by atoms with E-state index in [2.05, 4.69) is 40.0 Å². The molecule has 0 unspecified atom stereocenters. The van der Waals surface area contributed by atoms with Gasteiger partial charge in [-0.1, -0.05) is 38.1 Å². The van der Waals surface area contributed by atoms with Gasteiger partial charge in [0.1, 0.15) is 0 Å². The Balaban J connectivity index is 0.000000606. The van der Waals surface area contributed by atoms with Crippen molar-refractivity contribution >= 4 is 15.9 Å². The first-order valence-corrected chi connectivity index (χ1v) is 6.24. The van der Waals surface area contributed by atoms with Crippen molar-refractivity contribution < 1.29 is 0 Å². The summed E-state index contributed by atoms with van der Waals surface area (Å²) in [4.78, 5) is 4.36. The third kappa shape index (κ3) is 3.17. The molecule has 0 N–H and O–H groups in total.